The van der Waals surface area contributed by atoms with Crippen molar-refractivity contribution in [3.8, 4) is 0 Å². The van der Waals surface area contributed by atoms with E-state index in [9.17, 15) is 0 Å². The first-order chi connectivity index (χ1) is 13.5. The zero-order chi connectivity index (χ0) is 19.7. The van der Waals surface area contributed by atoms with Crippen molar-refractivity contribution < 1.29 is 4.74 Å². The maximum atomic E-state index is 5.47. The molecule has 6 heteroatoms. The van der Waals surface area contributed by atoms with Crippen LogP contribution in [0, 0.1) is 20.8 Å². The van der Waals surface area contributed by atoms with E-state index in [1.807, 2.05) is 13.1 Å². The van der Waals surface area contributed by atoms with Crippen molar-refractivity contribution in [3.05, 3.63) is 52.8 Å². The van der Waals surface area contributed by atoms with Crippen LogP contribution in [-0.2, 0) is 4.74 Å². The third-order valence-corrected chi connectivity index (χ3v) is 5.27. The monoisotopic (exact) mass is 377 g/mol. The molecule has 1 aliphatic heterocycles. The lowest BCUT2D eigenvalue weighted by atomic mass is 10.0. The Hall–Kier alpha value is -2.73. The SMILES string of the molecule is Cc1cc(C)cc([C@@H](C)Nc2nnc(C)c3cnc(N4CCOCC4)cc23)c1. The molecule has 0 saturated carbocycles. The number of benzene rings is 1. The smallest absolute Gasteiger partial charge is 0.157 e. The Morgan fingerprint density at radius 2 is 1.68 bits per heavy atom. The lowest BCUT2D eigenvalue weighted by molar-refractivity contribution is 0.122. The number of rotatable bonds is 4. The second kappa shape index (κ2) is 7.72. The van der Waals surface area contributed by atoms with Gasteiger partial charge in [0.25, 0.3) is 0 Å². The zero-order valence-electron chi connectivity index (χ0n) is 17.0. The van der Waals surface area contributed by atoms with E-state index in [-0.39, 0.29) is 6.04 Å². The number of aromatic nitrogens is 3. The van der Waals surface area contributed by atoms with Crippen molar-refractivity contribution in [2.75, 3.05) is 36.5 Å². The summed E-state index contributed by atoms with van der Waals surface area (Å²) < 4.78 is 5.47. The highest BCUT2D eigenvalue weighted by Gasteiger charge is 2.16. The predicted molar refractivity (Wildman–Crippen MR) is 113 cm³/mol. The molecule has 0 spiro atoms. The van der Waals surface area contributed by atoms with Crippen LogP contribution in [0.3, 0.4) is 0 Å². The standard InChI is InChI=1S/C22H27N5O/c1-14-9-15(2)11-18(10-14)16(3)24-22-19-12-21(27-5-7-28-8-6-27)23-13-20(19)17(4)25-26-22/h9-13,16H,5-8H2,1-4H3,(H,24,26)/t16-/m1/s1. The maximum absolute atomic E-state index is 5.47. The molecule has 0 bridgehead atoms. The van der Waals surface area contributed by atoms with Crippen molar-refractivity contribution in [2.45, 2.75) is 33.7 Å². The summed E-state index contributed by atoms with van der Waals surface area (Å²) in [4.78, 5) is 6.93. The van der Waals surface area contributed by atoms with Crippen molar-refractivity contribution in [1.29, 1.82) is 0 Å². The van der Waals surface area contributed by atoms with E-state index in [1.165, 1.54) is 16.7 Å². The normalized spacial score (nSPS) is 15.6. The number of ether oxygens (including phenoxy) is 1. The summed E-state index contributed by atoms with van der Waals surface area (Å²) in [6.45, 7) is 11.6. The van der Waals surface area contributed by atoms with Crippen molar-refractivity contribution in [1.82, 2.24) is 15.2 Å². The van der Waals surface area contributed by atoms with Crippen LogP contribution < -0.4 is 10.2 Å². The third kappa shape index (κ3) is 3.78. The number of aryl methyl sites for hydroxylation is 3. The van der Waals surface area contributed by atoms with Crippen molar-refractivity contribution >= 4 is 22.4 Å². The van der Waals surface area contributed by atoms with E-state index in [0.29, 0.717) is 0 Å². The van der Waals surface area contributed by atoms with Gasteiger partial charge in [-0.1, -0.05) is 29.3 Å². The fourth-order valence-electron chi connectivity index (χ4n) is 3.78. The summed E-state index contributed by atoms with van der Waals surface area (Å²) in [6.07, 6.45) is 1.91. The van der Waals surface area contributed by atoms with Gasteiger partial charge in [-0.15, -0.1) is 5.10 Å². The van der Waals surface area contributed by atoms with Crippen LogP contribution >= 0.6 is 0 Å². The molecule has 3 heterocycles. The number of fused-ring (bicyclic) bond motifs is 1. The molecule has 0 amide bonds. The molecule has 0 radical (unpaired) electrons. The van der Waals surface area contributed by atoms with Gasteiger partial charge in [0.15, 0.2) is 5.82 Å². The minimum absolute atomic E-state index is 0.124. The van der Waals surface area contributed by atoms with Gasteiger partial charge in [0.2, 0.25) is 0 Å². The molecule has 1 atom stereocenters. The van der Waals surface area contributed by atoms with Gasteiger partial charge in [0, 0.05) is 30.1 Å². The second-order valence-corrected chi connectivity index (χ2v) is 7.61. The molecular weight excluding hydrogens is 350 g/mol. The molecule has 1 aliphatic rings. The predicted octanol–water partition coefficient (Wildman–Crippen LogP) is 3.96. The number of nitrogens with zero attached hydrogens (tertiary/aromatic N) is 4. The maximum Gasteiger partial charge on any atom is 0.157 e. The van der Waals surface area contributed by atoms with Gasteiger partial charge in [-0.2, -0.15) is 5.10 Å². The Morgan fingerprint density at radius 1 is 0.964 bits per heavy atom. The van der Waals surface area contributed by atoms with Crippen LogP contribution in [0.1, 0.15) is 35.3 Å². The first-order valence-corrected chi connectivity index (χ1v) is 9.82. The molecule has 3 aromatic rings. The average Bonchev–Trinajstić information content (AvgIpc) is 2.70. The molecule has 4 rings (SSSR count). The molecule has 146 valence electrons. The molecule has 6 nitrogen and oxygen atoms in total. The van der Waals surface area contributed by atoms with Gasteiger partial charge in [-0.3, -0.25) is 0 Å². The zero-order valence-corrected chi connectivity index (χ0v) is 17.0. The summed E-state index contributed by atoms with van der Waals surface area (Å²) in [5, 5.41) is 14.5. The van der Waals surface area contributed by atoms with Crippen LogP contribution in [0.25, 0.3) is 10.8 Å². The van der Waals surface area contributed by atoms with Gasteiger partial charge >= 0.3 is 0 Å². The summed E-state index contributed by atoms with van der Waals surface area (Å²) >= 11 is 0. The minimum Gasteiger partial charge on any atom is -0.378 e. The first kappa shape index (κ1) is 18.6. The van der Waals surface area contributed by atoms with Crippen LogP contribution in [0.2, 0.25) is 0 Å². The molecule has 28 heavy (non-hydrogen) atoms. The van der Waals surface area contributed by atoms with Gasteiger partial charge < -0.3 is 15.0 Å². The minimum atomic E-state index is 0.124. The Kier molecular flexibility index (Phi) is 5.13. The molecule has 1 fully saturated rings. The van der Waals surface area contributed by atoms with E-state index >= 15 is 0 Å². The quantitative estimate of drug-likeness (QED) is 0.742. The van der Waals surface area contributed by atoms with E-state index in [1.54, 1.807) is 0 Å². The Bertz CT molecular complexity index is 977. The third-order valence-electron chi connectivity index (χ3n) is 5.27. The second-order valence-electron chi connectivity index (χ2n) is 7.61. The molecule has 1 saturated heterocycles. The van der Waals surface area contributed by atoms with Crippen molar-refractivity contribution in [3.63, 3.8) is 0 Å². The summed E-state index contributed by atoms with van der Waals surface area (Å²) in [5.41, 5.74) is 4.67. The molecule has 0 unspecified atom stereocenters. The summed E-state index contributed by atoms with van der Waals surface area (Å²) in [7, 11) is 0. The van der Waals surface area contributed by atoms with Gasteiger partial charge in [-0.25, -0.2) is 4.98 Å². The van der Waals surface area contributed by atoms with Crippen LogP contribution in [-0.4, -0.2) is 41.5 Å². The van der Waals surface area contributed by atoms with Crippen LogP contribution in [0.4, 0.5) is 11.6 Å². The fourth-order valence-corrected chi connectivity index (χ4v) is 3.78. The number of pyridine rings is 1. The summed E-state index contributed by atoms with van der Waals surface area (Å²) in [6, 6.07) is 8.87. The van der Waals surface area contributed by atoms with Crippen molar-refractivity contribution in [2.24, 2.45) is 0 Å². The number of nitrogens with one attached hydrogen (secondary N) is 1. The van der Waals surface area contributed by atoms with Gasteiger partial charge in [-0.05, 0) is 39.3 Å². The van der Waals surface area contributed by atoms with Crippen LogP contribution in [0.5, 0.6) is 0 Å². The molecule has 1 aromatic carbocycles. The average molecular weight is 377 g/mol. The van der Waals surface area contributed by atoms with E-state index in [4.69, 9.17) is 4.74 Å². The topological polar surface area (TPSA) is 63.2 Å². The Morgan fingerprint density at radius 3 is 2.39 bits per heavy atom. The molecular formula is C22H27N5O. The van der Waals surface area contributed by atoms with Gasteiger partial charge in [0.1, 0.15) is 5.82 Å². The van der Waals surface area contributed by atoms with E-state index < -0.39 is 0 Å². The highest BCUT2D eigenvalue weighted by molar-refractivity contribution is 5.94. The number of anilines is 2. The van der Waals surface area contributed by atoms with Crippen LogP contribution in [0.15, 0.2) is 30.5 Å². The molecule has 1 N–H and O–H groups in total. The highest BCUT2D eigenvalue weighted by Crippen LogP contribution is 2.29. The highest BCUT2D eigenvalue weighted by atomic mass is 16.5. The molecule has 0 aliphatic carbocycles. The van der Waals surface area contributed by atoms with Gasteiger partial charge in [0.05, 0.1) is 24.9 Å². The Labute approximate surface area is 165 Å². The lowest BCUT2D eigenvalue weighted by Crippen LogP contribution is -2.36. The summed E-state index contributed by atoms with van der Waals surface area (Å²) in [5.74, 6) is 1.76. The lowest BCUT2D eigenvalue weighted by Gasteiger charge is -2.28. The number of hydrogen-bond donors (Lipinski definition) is 1. The Balaban J connectivity index is 1.70. The number of hydrogen-bond acceptors (Lipinski definition) is 6. The first-order valence-electron chi connectivity index (χ1n) is 9.82. The van der Waals surface area contributed by atoms with E-state index in [0.717, 1.165) is 54.4 Å². The largest absolute Gasteiger partial charge is 0.378 e. The fraction of sp³-hybridized carbons (Fsp3) is 0.409. The molecule has 2 aromatic heterocycles. The number of morpholine rings is 1. The van der Waals surface area contributed by atoms with E-state index in [2.05, 4.69) is 70.4 Å².